The molecule has 0 bridgehead atoms. The molecule has 0 fully saturated rings. The molecule has 2 heterocycles. The van der Waals surface area contributed by atoms with Gasteiger partial charge in [0, 0.05) is 11.9 Å². The summed E-state index contributed by atoms with van der Waals surface area (Å²) in [7, 11) is 0. The molecule has 10 heavy (non-hydrogen) atoms. The Morgan fingerprint density at radius 2 is 2.50 bits per heavy atom. The maximum atomic E-state index is 4.14. The molecule has 3 heteroatoms. The lowest BCUT2D eigenvalue weighted by Gasteiger charge is -2.09. The first kappa shape index (κ1) is 6.16. The fourth-order valence-corrected chi connectivity index (χ4v) is 1.69. The third-order valence-electron chi connectivity index (χ3n) is 1.64. The van der Waals surface area contributed by atoms with Crippen LogP contribution in [0.5, 0.6) is 0 Å². The van der Waals surface area contributed by atoms with Gasteiger partial charge >= 0.3 is 0 Å². The van der Waals surface area contributed by atoms with Crippen molar-refractivity contribution < 1.29 is 0 Å². The zero-order chi connectivity index (χ0) is 6.97. The van der Waals surface area contributed by atoms with Crippen LogP contribution in [-0.2, 0) is 6.42 Å². The summed E-state index contributed by atoms with van der Waals surface area (Å²) >= 11 is 3.43. The molecule has 0 unspecified atom stereocenters. The van der Waals surface area contributed by atoms with E-state index in [1.54, 1.807) is 0 Å². The third-order valence-corrected chi connectivity index (χ3v) is 2.30. The van der Waals surface area contributed by atoms with Gasteiger partial charge in [-0.2, -0.15) is 5.10 Å². The maximum Gasteiger partial charge on any atom is 0.103 e. The Labute approximate surface area is 67.7 Å². The summed E-state index contributed by atoms with van der Waals surface area (Å²) in [5, 5.41) is 4.14. The number of aromatic nitrogens is 2. The predicted molar refractivity (Wildman–Crippen MR) is 43.7 cm³/mol. The molecule has 0 saturated heterocycles. The van der Waals surface area contributed by atoms with Crippen molar-refractivity contribution in [3.63, 3.8) is 0 Å². The number of hydrogen-bond donors (Lipinski definition) is 0. The van der Waals surface area contributed by atoms with Crippen LogP contribution in [0.2, 0.25) is 0 Å². The zero-order valence-corrected chi connectivity index (χ0v) is 7.00. The van der Waals surface area contributed by atoms with Crippen molar-refractivity contribution in [1.29, 1.82) is 0 Å². The van der Waals surface area contributed by atoms with Crippen molar-refractivity contribution in [3.8, 4) is 0 Å². The minimum Gasteiger partial charge on any atom is -0.231 e. The Kier molecular flexibility index (Phi) is 1.38. The van der Waals surface area contributed by atoms with Gasteiger partial charge in [-0.05, 0) is 34.8 Å². The smallest absolute Gasteiger partial charge is 0.103 e. The Hall–Kier alpha value is -0.570. The molecule has 2 rings (SSSR count). The molecule has 1 aromatic rings. The molecule has 0 spiro atoms. The van der Waals surface area contributed by atoms with Crippen LogP contribution >= 0.6 is 15.9 Å². The van der Waals surface area contributed by atoms with E-state index in [-0.39, 0.29) is 0 Å². The number of fused-ring (bicyclic) bond motifs is 1. The van der Waals surface area contributed by atoms with E-state index in [1.165, 1.54) is 5.69 Å². The largest absolute Gasteiger partial charge is 0.231 e. The highest BCUT2D eigenvalue weighted by Crippen LogP contribution is 2.21. The van der Waals surface area contributed by atoms with E-state index in [0.29, 0.717) is 0 Å². The fraction of sp³-hybridized carbons (Fsp3) is 0.286. The standard InChI is InChI=1S/C7H7BrN2/c8-7-3-1-2-6-4-5-9-10(6)7/h3-5H,1-2H2. The number of hydrogen-bond acceptors (Lipinski definition) is 1. The summed E-state index contributed by atoms with van der Waals surface area (Å²) in [4.78, 5) is 0. The average Bonchev–Trinajstić information content (AvgIpc) is 2.36. The minimum absolute atomic E-state index is 1.07. The van der Waals surface area contributed by atoms with Crippen molar-refractivity contribution in [2.45, 2.75) is 12.8 Å². The van der Waals surface area contributed by atoms with E-state index in [0.717, 1.165) is 17.4 Å². The Balaban J connectivity index is 2.55. The summed E-state index contributed by atoms with van der Waals surface area (Å²) in [6.45, 7) is 0. The summed E-state index contributed by atoms with van der Waals surface area (Å²) in [6, 6.07) is 2.05. The number of allylic oxidation sites excluding steroid dienone is 1. The van der Waals surface area contributed by atoms with Crippen molar-refractivity contribution in [2.24, 2.45) is 0 Å². The van der Waals surface area contributed by atoms with E-state index in [2.05, 4.69) is 27.1 Å². The van der Waals surface area contributed by atoms with Crippen molar-refractivity contribution >= 4 is 20.5 Å². The molecule has 0 aromatic carbocycles. The molecular formula is C7H7BrN2. The molecule has 0 aliphatic carbocycles. The average molecular weight is 199 g/mol. The highest BCUT2D eigenvalue weighted by molar-refractivity contribution is 9.14. The van der Waals surface area contributed by atoms with Gasteiger partial charge in [-0.15, -0.1) is 0 Å². The topological polar surface area (TPSA) is 17.8 Å². The third kappa shape index (κ3) is 0.814. The Bertz CT molecular complexity index is 275. The van der Waals surface area contributed by atoms with Crippen LogP contribution in [0.15, 0.2) is 18.3 Å². The van der Waals surface area contributed by atoms with Gasteiger partial charge < -0.3 is 0 Å². The second-order valence-electron chi connectivity index (χ2n) is 2.30. The van der Waals surface area contributed by atoms with Gasteiger partial charge in [-0.25, -0.2) is 4.68 Å². The van der Waals surface area contributed by atoms with E-state index in [4.69, 9.17) is 0 Å². The number of halogens is 1. The monoisotopic (exact) mass is 198 g/mol. The Morgan fingerprint density at radius 1 is 1.60 bits per heavy atom. The molecule has 0 radical (unpaired) electrons. The van der Waals surface area contributed by atoms with Crippen molar-refractivity contribution in [3.05, 3.63) is 24.0 Å². The lowest BCUT2D eigenvalue weighted by atomic mass is 10.2. The second kappa shape index (κ2) is 2.23. The molecule has 1 aromatic heterocycles. The van der Waals surface area contributed by atoms with Crippen LogP contribution in [0, 0.1) is 0 Å². The second-order valence-corrected chi connectivity index (χ2v) is 3.11. The van der Waals surface area contributed by atoms with Gasteiger partial charge in [0.25, 0.3) is 0 Å². The van der Waals surface area contributed by atoms with Crippen LogP contribution in [0.25, 0.3) is 4.61 Å². The van der Waals surface area contributed by atoms with Gasteiger partial charge in [0.15, 0.2) is 0 Å². The van der Waals surface area contributed by atoms with Crippen LogP contribution < -0.4 is 0 Å². The molecule has 1 aliphatic heterocycles. The molecule has 0 N–H and O–H groups in total. The van der Waals surface area contributed by atoms with Crippen LogP contribution in [0.3, 0.4) is 0 Å². The minimum atomic E-state index is 1.07. The molecule has 52 valence electrons. The van der Waals surface area contributed by atoms with Crippen molar-refractivity contribution in [2.75, 3.05) is 0 Å². The van der Waals surface area contributed by atoms with E-state index in [1.807, 2.05) is 16.9 Å². The number of nitrogens with zero attached hydrogens (tertiary/aromatic N) is 2. The van der Waals surface area contributed by atoms with Gasteiger partial charge in [-0.3, -0.25) is 0 Å². The molecular weight excluding hydrogens is 192 g/mol. The number of aryl methyl sites for hydroxylation is 1. The van der Waals surface area contributed by atoms with Gasteiger partial charge in [-0.1, -0.05) is 6.08 Å². The first-order chi connectivity index (χ1) is 4.88. The van der Waals surface area contributed by atoms with Crippen LogP contribution in [-0.4, -0.2) is 9.78 Å². The van der Waals surface area contributed by atoms with Crippen LogP contribution in [0.4, 0.5) is 0 Å². The number of rotatable bonds is 0. The molecule has 2 nitrogen and oxygen atoms in total. The molecule has 0 amide bonds. The van der Waals surface area contributed by atoms with E-state index < -0.39 is 0 Å². The van der Waals surface area contributed by atoms with E-state index >= 15 is 0 Å². The highest BCUT2D eigenvalue weighted by atomic mass is 79.9. The predicted octanol–water partition coefficient (Wildman–Crippen LogP) is 2.02. The quantitative estimate of drug-likeness (QED) is 0.624. The van der Waals surface area contributed by atoms with E-state index in [9.17, 15) is 0 Å². The highest BCUT2D eigenvalue weighted by Gasteiger charge is 2.08. The van der Waals surface area contributed by atoms with Crippen LogP contribution in [0.1, 0.15) is 12.1 Å². The first-order valence-corrected chi connectivity index (χ1v) is 4.06. The van der Waals surface area contributed by atoms with Gasteiger partial charge in [0.1, 0.15) is 4.61 Å². The summed E-state index contributed by atoms with van der Waals surface area (Å²) < 4.78 is 2.99. The molecule has 0 atom stereocenters. The van der Waals surface area contributed by atoms with Gasteiger partial charge in [0.2, 0.25) is 0 Å². The summed E-state index contributed by atoms with van der Waals surface area (Å²) in [5.74, 6) is 0. The Morgan fingerprint density at radius 3 is 3.30 bits per heavy atom. The summed E-state index contributed by atoms with van der Waals surface area (Å²) in [5.41, 5.74) is 1.29. The maximum absolute atomic E-state index is 4.14. The lowest BCUT2D eigenvalue weighted by Crippen LogP contribution is -2.04. The first-order valence-electron chi connectivity index (χ1n) is 3.27. The summed E-state index contributed by atoms with van der Waals surface area (Å²) in [6.07, 6.45) is 6.19. The fourth-order valence-electron chi connectivity index (χ4n) is 1.14. The SMILES string of the molecule is BrC1=CCCc2ccnn21. The molecule has 0 saturated carbocycles. The normalized spacial score (nSPS) is 16.3. The molecule has 1 aliphatic rings. The zero-order valence-electron chi connectivity index (χ0n) is 5.42. The lowest BCUT2D eigenvalue weighted by molar-refractivity contribution is 0.795. The van der Waals surface area contributed by atoms with Crippen molar-refractivity contribution in [1.82, 2.24) is 9.78 Å². The van der Waals surface area contributed by atoms with Gasteiger partial charge in [0.05, 0.1) is 0 Å².